The Kier molecular flexibility index (Phi) is 3.55. The van der Waals surface area contributed by atoms with E-state index in [2.05, 4.69) is 5.16 Å². The second kappa shape index (κ2) is 4.51. The SMILES string of the molecule is CN(CC(N)=NO)C(=O)C1(C)CCCC1. The molecule has 0 unspecified atom stereocenters. The Labute approximate surface area is 89.9 Å². The first kappa shape index (κ1) is 11.8. The lowest BCUT2D eigenvalue weighted by atomic mass is 9.87. The number of hydrogen-bond acceptors (Lipinski definition) is 3. The van der Waals surface area contributed by atoms with Crippen LogP contribution >= 0.6 is 0 Å². The second-order valence-corrected chi connectivity index (χ2v) is 4.52. The van der Waals surface area contributed by atoms with Gasteiger partial charge in [0.25, 0.3) is 0 Å². The molecule has 0 aliphatic heterocycles. The van der Waals surface area contributed by atoms with E-state index in [4.69, 9.17) is 10.9 Å². The summed E-state index contributed by atoms with van der Waals surface area (Å²) in [7, 11) is 1.68. The average Bonchev–Trinajstić information content (AvgIpc) is 2.65. The Balaban J connectivity index is 2.59. The Morgan fingerprint density at radius 3 is 2.53 bits per heavy atom. The molecule has 3 N–H and O–H groups in total. The van der Waals surface area contributed by atoms with Gasteiger partial charge in [-0.25, -0.2) is 0 Å². The molecule has 0 saturated heterocycles. The first-order valence-electron chi connectivity index (χ1n) is 5.21. The van der Waals surface area contributed by atoms with Gasteiger partial charge in [-0.3, -0.25) is 4.79 Å². The van der Waals surface area contributed by atoms with Gasteiger partial charge in [0.15, 0.2) is 5.84 Å². The van der Waals surface area contributed by atoms with E-state index in [9.17, 15) is 4.79 Å². The fraction of sp³-hybridized carbons (Fsp3) is 0.800. The third-order valence-electron chi connectivity index (χ3n) is 3.10. The van der Waals surface area contributed by atoms with E-state index < -0.39 is 0 Å². The Hall–Kier alpha value is -1.26. The monoisotopic (exact) mass is 213 g/mol. The fourth-order valence-corrected chi connectivity index (χ4v) is 2.18. The van der Waals surface area contributed by atoms with Gasteiger partial charge in [0.2, 0.25) is 5.91 Å². The maximum atomic E-state index is 12.1. The van der Waals surface area contributed by atoms with Crippen molar-refractivity contribution in [1.29, 1.82) is 0 Å². The van der Waals surface area contributed by atoms with E-state index in [1.807, 2.05) is 6.92 Å². The number of rotatable bonds is 3. The molecule has 0 bridgehead atoms. The number of hydrogen-bond donors (Lipinski definition) is 2. The zero-order valence-electron chi connectivity index (χ0n) is 9.36. The molecule has 0 heterocycles. The quantitative estimate of drug-likeness (QED) is 0.314. The summed E-state index contributed by atoms with van der Waals surface area (Å²) in [5, 5.41) is 11.3. The molecule has 0 aromatic carbocycles. The number of carbonyl (C=O) groups is 1. The van der Waals surface area contributed by atoms with Crippen LogP contribution in [-0.4, -0.2) is 35.4 Å². The Morgan fingerprint density at radius 1 is 1.53 bits per heavy atom. The second-order valence-electron chi connectivity index (χ2n) is 4.52. The molecule has 86 valence electrons. The van der Waals surface area contributed by atoms with Crippen molar-refractivity contribution < 1.29 is 10.0 Å². The molecule has 0 aromatic rings. The molecule has 0 atom stereocenters. The fourth-order valence-electron chi connectivity index (χ4n) is 2.18. The summed E-state index contributed by atoms with van der Waals surface area (Å²) in [4.78, 5) is 13.6. The zero-order chi connectivity index (χ0) is 11.5. The lowest BCUT2D eigenvalue weighted by molar-refractivity contribution is -0.138. The van der Waals surface area contributed by atoms with Crippen molar-refractivity contribution in [3.8, 4) is 0 Å². The highest BCUT2D eigenvalue weighted by Gasteiger charge is 2.38. The van der Waals surface area contributed by atoms with E-state index in [0.29, 0.717) is 0 Å². The van der Waals surface area contributed by atoms with Crippen LogP contribution in [0, 0.1) is 5.41 Å². The summed E-state index contributed by atoms with van der Waals surface area (Å²) in [5.74, 6) is 0.152. The van der Waals surface area contributed by atoms with Crippen LogP contribution < -0.4 is 5.73 Å². The van der Waals surface area contributed by atoms with E-state index >= 15 is 0 Å². The van der Waals surface area contributed by atoms with Gasteiger partial charge < -0.3 is 15.8 Å². The molecule has 5 nitrogen and oxygen atoms in total. The number of likely N-dealkylation sites (N-methyl/N-ethyl adjacent to an activating group) is 1. The van der Waals surface area contributed by atoms with Crippen LogP contribution in [0.4, 0.5) is 0 Å². The molecule has 0 radical (unpaired) electrons. The molecule has 0 spiro atoms. The van der Waals surface area contributed by atoms with Crippen molar-refractivity contribution in [2.24, 2.45) is 16.3 Å². The summed E-state index contributed by atoms with van der Waals surface area (Å²) in [5.41, 5.74) is 5.11. The average molecular weight is 213 g/mol. The summed E-state index contributed by atoms with van der Waals surface area (Å²) < 4.78 is 0. The molecular formula is C10H19N3O2. The van der Waals surface area contributed by atoms with Gasteiger partial charge in [0.1, 0.15) is 0 Å². The first-order chi connectivity index (χ1) is 6.99. The van der Waals surface area contributed by atoms with E-state index in [-0.39, 0.29) is 23.7 Å². The molecule has 1 aliphatic carbocycles. The minimum absolute atomic E-state index is 0.0625. The lowest BCUT2D eigenvalue weighted by Gasteiger charge is -2.28. The summed E-state index contributed by atoms with van der Waals surface area (Å²) >= 11 is 0. The Morgan fingerprint density at radius 2 is 2.07 bits per heavy atom. The largest absolute Gasteiger partial charge is 0.409 e. The third-order valence-corrected chi connectivity index (χ3v) is 3.10. The molecule has 1 fully saturated rings. The summed E-state index contributed by atoms with van der Waals surface area (Å²) in [6, 6.07) is 0. The zero-order valence-corrected chi connectivity index (χ0v) is 9.36. The Bertz CT molecular complexity index is 270. The van der Waals surface area contributed by atoms with Gasteiger partial charge in [-0.15, -0.1) is 0 Å². The van der Waals surface area contributed by atoms with Crippen LogP contribution in [0.25, 0.3) is 0 Å². The van der Waals surface area contributed by atoms with Gasteiger partial charge in [0, 0.05) is 12.5 Å². The molecule has 1 rings (SSSR count). The van der Waals surface area contributed by atoms with Crippen LogP contribution in [0.15, 0.2) is 5.16 Å². The van der Waals surface area contributed by atoms with Crippen LogP contribution in [0.5, 0.6) is 0 Å². The van der Waals surface area contributed by atoms with Crippen molar-refractivity contribution >= 4 is 11.7 Å². The van der Waals surface area contributed by atoms with Gasteiger partial charge in [-0.2, -0.15) is 0 Å². The van der Waals surface area contributed by atoms with Crippen molar-refractivity contribution in [2.45, 2.75) is 32.6 Å². The smallest absolute Gasteiger partial charge is 0.228 e. The molecule has 1 aliphatic rings. The number of amidine groups is 1. The standard InChI is InChI=1S/C10H19N3O2/c1-10(5-3-4-6-10)9(14)13(2)7-8(11)12-15/h15H,3-7H2,1-2H3,(H2,11,12). The molecule has 15 heavy (non-hydrogen) atoms. The molecule has 0 aromatic heterocycles. The number of carbonyl (C=O) groups excluding carboxylic acids is 1. The van der Waals surface area contributed by atoms with Crippen LogP contribution in [0.2, 0.25) is 0 Å². The van der Waals surface area contributed by atoms with Gasteiger partial charge in [-0.1, -0.05) is 24.9 Å². The first-order valence-corrected chi connectivity index (χ1v) is 5.21. The predicted molar refractivity (Wildman–Crippen MR) is 57.6 cm³/mol. The van der Waals surface area contributed by atoms with E-state index in [0.717, 1.165) is 25.7 Å². The predicted octanol–water partition coefficient (Wildman–Crippen LogP) is 0.771. The molecule has 1 saturated carbocycles. The van der Waals surface area contributed by atoms with Crippen LogP contribution in [-0.2, 0) is 4.79 Å². The summed E-state index contributed by atoms with van der Waals surface area (Å²) in [6.45, 7) is 2.18. The third kappa shape index (κ3) is 2.61. The maximum Gasteiger partial charge on any atom is 0.228 e. The van der Waals surface area contributed by atoms with Crippen LogP contribution in [0.3, 0.4) is 0 Å². The summed E-state index contributed by atoms with van der Waals surface area (Å²) in [6.07, 6.45) is 4.10. The van der Waals surface area contributed by atoms with Crippen molar-refractivity contribution in [2.75, 3.05) is 13.6 Å². The van der Waals surface area contributed by atoms with E-state index in [1.165, 1.54) is 4.90 Å². The number of amides is 1. The minimum atomic E-state index is -0.246. The lowest BCUT2D eigenvalue weighted by Crippen LogP contribution is -2.42. The maximum absolute atomic E-state index is 12.1. The molecule has 5 heteroatoms. The highest BCUT2D eigenvalue weighted by atomic mass is 16.4. The number of nitrogens with zero attached hydrogens (tertiary/aromatic N) is 2. The molecule has 1 amide bonds. The highest BCUT2D eigenvalue weighted by Crippen LogP contribution is 2.38. The normalized spacial score (nSPS) is 20.3. The van der Waals surface area contributed by atoms with E-state index in [1.54, 1.807) is 7.05 Å². The van der Waals surface area contributed by atoms with Crippen molar-refractivity contribution in [3.05, 3.63) is 0 Å². The highest BCUT2D eigenvalue weighted by molar-refractivity contribution is 5.89. The van der Waals surface area contributed by atoms with Gasteiger partial charge >= 0.3 is 0 Å². The molecular weight excluding hydrogens is 194 g/mol. The number of nitrogens with two attached hydrogens (primary N) is 1. The van der Waals surface area contributed by atoms with Crippen molar-refractivity contribution in [1.82, 2.24) is 4.90 Å². The topological polar surface area (TPSA) is 78.9 Å². The number of oxime groups is 1. The van der Waals surface area contributed by atoms with Gasteiger partial charge in [-0.05, 0) is 12.8 Å². The van der Waals surface area contributed by atoms with Crippen molar-refractivity contribution in [3.63, 3.8) is 0 Å². The van der Waals surface area contributed by atoms with Gasteiger partial charge in [0.05, 0.1) is 6.54 Å². The van der Waals surface area contributed by atoms with Crippen LogP contribution in [0.1, 0.15) is 32.6 Å². The minimum Gasteiger partial charge on any atom is -0.409 e.